The number of rotatable bonds is 37. The molecule has 0 unspecified atom stereocenters. The molecule has 0 aromatic heterocycles. The fourth-order valence-corrected chi connectivity index (χ4v) is 6.25. The van der Waals surface area contributed by atoms with Crippen molar-refractivity contribution in [3.8, 4) is 0 Å². The fourth-order valence-electron chi connectivity index (χ4n) is 6.25. The van der Waals surface area contributed by atoms with Crippen molar-refractivity contribution in [2.45, 2.75) is 239 Å². The van der Waals surface area contributed by atoms with Gasteiger partial charge in [0.1, 0.15) is 0 Å². The molecule has 0 aromatic rings. The highest BCUT2D eigenvalue weighted by atomic mass is 14.8. The normalized spacial score (nSPS) is 11.6. The molecular weight excluding hydrogens is 482 g/mol. The Balaban J connectivity index is 3.01. The number of unbranched alkanes of at least 4 members (excludes halogenated alkanes) is 33. The third-order valence-corrected chi connectivity index (χ3v) is 9.16. The molecule has 0 amide bonds. The molecule has 0 aromatic carbocycles. The third kappa shape index (κ3) is 38.0. The Morgan fingerprint density at radius 2 is 0.350 bits per heavy atom. The van der Waals surface area contributed by atoms with Crippen molar-refractivity contribution in [1.82, 2.24) is 5.32 Å². The smallest absolute Gasteiger partial charge is 0.00489 e. The van der Waals surface area contributed by atoms with Crippen molar-refractivity contribution in [1.29, 1.82) is 0 Å². The van der Waals surface area contributed by atoms with Crippen LogP contribution in [0.2, 0.25) is 0 Å². The van der Waals surface area contributed by atoms with Gasteiger partial charge in [-0.25, -0.2) is 0 Å². The molecule has 1 heteroatoms. The Morgan fingerprint density at radius 1 is 0.200 bits per heavy atom. The van der Waals surface area contributed by atoms with E-state index in [1.54, 1.807) is 0 Å². The lowest BCUT2D eigenvalue weighted by atomic mass is 10.0. The zero-order chi connectivity index (χ0) is 28.9. The maximum Gasteiger partial charge on any atom is -0.00489 e. The van der Waals surface area contributed by atoms with Crippen molar-refractivity contribution >= 4 is 0 Å². The van der Waals surface area contributed by atoms with Gasteiger partial charge in [0, 0.05) is 0 Å². The molecule has 0 radical (unpaired) electrons. The van der Waals surface area contributed by atoms with Crippen molar-refractivity contribution in [2.75, 3.05) is 13.1 Å². The van der Waals surface area contributed by atoms with Crippen LogP contribution >= 0.6 is 0 Å². The average Bonchev–Trinajstić information content (AvgIpc) is 2.97. The lowest BCUT2D eigenvalue weighted by molar-refractivity contribution is 0.513. The third-order valence-electron chi connectivity index (χ3n) is 9.16. The zero-order valence-corrected chi connectivity index (χ0v) is 28.7. The molecule has 0 bridgehead atoms. The van der Waals surface area contributed by atoms with E-state index in [0.29, 0.717) is 0 Å². The lowest BCUT2D eigenvalue weighted by Gasteiger charge is -2.06. The Kier molecular flexibility index (Phi) is 38.9. The van der Waals surface area contributed by atoms with Gasteiger partial charge in [0.15, 0.2) is 0 Å². The van der Waals surface area contributed by atoms with Crippen molar-refractivity contribution in [2.24, 2.45) is 0 Å². The van der Waals surface area contributed by atoms with Gasteiger partial charge in [-0.3, -0.25) is 0 Å². The number of hydrogen-bond acceptors (Lipinski definition) is 1. The summed E-state index contributed by atoms with van der Waals surface area (Å²) in [6, 6.07) is 0. The van der Waals surface area contributed by atoms with Crippen LogP contribution in [0.25, 0.3) is 0 Å². The molecule has 0 aliphatic rings. The van der Waals surface area contributed by atoms with E-state index in [1.807, 2.05) is 0 Å². The second kappa shape index (κ2) is 39.0. The summed E-state index contributed by atoms with van der Waals surface area (Å²) in [5.41, 5.74) is 0. The molecule has 0 spiro atoms. The first kappa shape index (κ1) is 40.0. The van der Waals surface area contributed by atoms with Crippen LogP contribution in [0.1, 0.15) is 239 Å². The molecule has 0 heterocycles. The quantitative estimate of drug-likeness (QED) is 0.0741. The van der Waals surface area contributed by atoms with E-state index in [9.17, 15) is 0 Å². The molecule has 1 N–H and O–H groups in total. The highest BCUT2D eigenvalue weighted by Gasteiger charge is 1.97. The van der Waals surface area contributed by atoms with E-state index in [-0.39, 0.29) is 0 Å². The van der Waals surface area contributed by atoms with Crippen LogP contribution in [0.4, 0.5) is 0 Å². The molecule has 242 valence electrons. The predicted molar refractivity (Wildman–Crippen MR) is 186 cm³/mol. The number of hydrogen-bond donors (Lipinski definition) is 1. The standard InChI is InChI=1S/C39H81N/c1-3-5-7-9-11-13-15-17-18-19-20-21-22-23-24-25-26-27-29-31-33-35-37-39-40-38-36-34-32-30-28-16-14-12-10-8-6-4-2/h40H,3-39H2,1-2H3. The van der Waals surface area contributed by atoms with E-state index in [0.717, 1.165) is 0 Å². The minimum Gasteiger partial charge on any atom is -0.317 e. The summed E-state index contributed by atoms with van der Waals surface area (Å²) in [7, 11) is 0. The van der Waals surface area contributed by atoms with Gasteiger partial charge in [0.05, 0.1) is 0 Å². The summed E-state index contributed by atoms with van der Waals surface area (Å²) in [5, 5.41) is 3.68. The Morgan fingerprint density at radius 3 is 0.525 bits per heavy atom. The lowest BCUT2D eigenvalue weighted by Crippen LogP contribution is -2.16. The van der Waals surface area contributed by atoms with E-state index >= 15 is 0 Å². The maximum atomic E-state index is 3.68. The van der Waals surface area contributed by atoms with E-state index in [2.05, 4.69) is 19.2 Å². The van der Waals surface area contributed by atoms with Crippen LogP contribution in [0.5, 0.6) is 0 Å². The van der Waals surface area contributed by atoms with Gasteiger partial charge in [-0.05, 0) is 25.9 Å². The molecule has 40 heavy (non-hydrogen) atoms. The molecular formula is C39H81N. The summed E-state index contributed by atoms with van der Waals surface area (Å²) in [5.74, 6) is 0. The molecule has 0 atom stereocenters. The highest BCUT2D eigenvalue weighted by Crippen LogP contribution is 2.16. The van der Waals surface area contributed by atoms with Crippen molar-refractivity contribution in [3.63, 3.8) is 0 Å². The van der Waals surface area contributed by atoms with Gasteiger partial charge in [-0.2, -0.15) is 0 Å². The average molecular weight is 564 g/mol. The first-order valence-corrected chi connectivity index (χ1v) is 19.6. The van der Waals surface area contributed by atoms with Gasteiger partial charge in [-0.1, -0.05) is 226 Å². The Labute approximate surface area is 256 Å². The summed E-state index contributed by atoms with van der Waals surface area (Å²) in [6.45, 7) is 7.11. The minimum absolute atomic E-state index is 1.25. The van der Waals surface area contributed by atoms with Gasteiger partial charge in [0.25, 0.3) is 0 Å². The molecule has 0 saturated heterocycles. The highest BCUT2D eigenvalue weighted by molar-refractivity contribution is 4.54. The van der Waals surface area contributed by atoms with Crippen LogP contribution in [0.15, 0.2) is 0 Å². The van der Waals surface area contributed by atoms with Crippen LogP contribution in [-0.2, 0) is 0 Å². The Hall–Kier alpha value is -0.0400. The zero-order valence-electron chi connectivity index (χ0n) is 28.7. The molecule has 0 rings (SSSR count). The molecule has 0 aliphatic carbocycles. The number of nitrogens with one attached hydrogen (secondary N) is 1. The molecule has 0 fully saturated rings. The second-order valence-corrected chi connectivity index (χ2v) is 13.4. The first-order valence-electron chi connectivity index (χ1n) is 19.6. The fraction of sp³-hybridized carbons (Fsp3) is 1.00. The van der Waals surface area contributed by atoms with Crippen LogP contribution in [0.3, 0.4) is 0 Å². The van der Waals surface area contributed by atoms with Gasteiger partial charge < -0.3 is 5.32 Å². The summed E-state index contributed by atoms with van der Waals surface area (Å²) < 4.78 is 0. The largest absolute Gasteiger partial charge is 0.317 e. The van der Waals surface area contributed by atoms with E-state index < -0.39 is 0 Å². The van der Waals surface area contributed by atoms with Crippen LogP contribution < -0.4 is 5.32 Å². The summed E-state index contributed by atoms with van der Waals surface area (Å²) in [6.07, 6.45) is 51.2. The Bertz CT molecular complexity index is 368. The monoisotopic (exact) mass is 564 g/mol. The maximum absolute atomic E-state index is 3.68. The minimum atomic E-state index is 1.25. The van der Waals surface area contributed by atoms with Crippen molar-refractivity contribution < 1.29 is 0 Å². The predicted octanol–water partition coefficient (Wildman–Crippen LogP) is 14.3. The van der Waals surface area contributed by atoms with E-state index in [1.165, 1.54) is 238 Å². The van der Waals surface area contributed by atoms with Gasteiger partial charge in [-0.15, -0.1) is 0 Å². The van der Waals surface area contributed by atoms with Crippen LogP contribution in [0, 0.1) is 0 Å². The molecule has 0 saturated carbocycles. The second-order valence-electron chi connectivity index (χ2n) is 13.4. The molecule has 0 aliphatic heterocycles. The van der Waals surface area contributed by atoms with E-state index in [4.69, 9.17) is 0 Å². The van der Waals surface area contributed by atoms with Gasteiger partial charge in [0.2, 0.25) is 0 Å². The molecule has 1 nitrogen and oxygen atoms in total. The van der Waals surface area contributed by atoms with Crippen molar-refractivity contribution in [3.05, 3.63) is 0 Å². The van der Waals surface area contributed by atoms with Gasteiger partial charge >= 0.3 is 0 Å². The summed E-state index contributed by atoms with van der Waals surface area (Å²) >= 11 is 0. The topological polar surface area (TPSA) is 12.0 Å². The first-order chi connectivity index (χ1) is 19.9. The van der Waals surface area contributed by atoms with Crippen LogP contribution in [-0.4, -0.2) is 13.1 Å². The SMILES string of the molecule is CCCCCCCCCCCCCCCCCCCCCCCCCNCCCCCCCCCCCCCC. The summed E-state index contributed by atoms with van der Waals surface area (Å²) in [4.78, 5) is 0.